The van der Waals surface area contributed by atoms with Crippen LogP contribution >= 0.6 is 0 Å². The third-order valence-electron chi connectivity index (χ3n) is 8.37. The number of aliphatic carboxylic acids is 1. The van der Waals surface area contributed by atoms with Gasteiger partial charge < -0.3 is 19.6 Å². The number of carboxylic acids is 1. The van der Waals surface area contributed by atoms with Crippen LogP contribution in [0.5, 0.6) is 5.75 Å². The fraction of sp³-hybridized carbons (Fsp3) is 0.710. The lowest BCUT2D eigenvalue weighted by molar-refractivity contribution is -0.145. The van der Waals surface area contributed by atoms with E-state index in [1.54, 1.807) is 4.90 Å². The van der Waals surface area contributed by atoms with Crippen molar-refractivity contribution >= 4 is 17.8 Å². The van der Waals surface area contributed by atoms with Crippen LogP contribution in [0, 0.1) is 17.8 Å². The second-order valence-corrected chi connectivity index (χ2v) is 11.4. The number of likely N-dealkylation sites (tertiary alicyclic amines) is 1. The van der Waals surface area contributed by atoms with Crippen LogP contribution in [0.1, 0.15) is 89.5 Å². The van der Waals surface area contributed by atoms with Gasteiger partial charge in [-0.25, -0.2) is 0 Å². The topological polar surface area (TPSA) is 87.2 Å². The highest BCUT2D eigenvalue weighted by Crippen LogP contribution is 2.36. The van der Waals surface area contributed by atoms with E-state index in [0.717, 1.165) is 31.5 Å². The van der Waals surface area contributed by atoms with Crippen molar-refractivity contribution in [2.45, 2.75) is 90.4 Å². The van der Waals surface area contributed by atoms with Gasteiger partial charge in [-0.05, 0) is 55.2 Å². The molecular weight excluding hydrogens is 480 g/mol. The van der Waals surface area contributed by atoms with E-state index in [-0.39, 0.29) is 18.2 Å². The standard InChI is InChI=1S/C31H48N2O5/c1-3-4-5-6-7-8-13-29(34)32(2)18-19-38-28-16-14-24(15-17-28)20-27(31(36)37)21-30(35)33-22-25-11-9-10-12-26(25)23-33/h14-17,25-27H,3-13,18-23H2,1-2H3,(H,36,37)/t25-,26+,27?. The van der Waals surface area contributed by atoms with Crippen LogP contribution in [0.3, 0.4) is 0 Å². The molecule has 1 aliphatic carbocycles. The molecule has 0 radical (unpaired) electrons. The van der Waals surface area contributed by atoms with Crippen LogP contribution in [0.4, 0.5) is 0 Å². The Bertz CT molecular complexity index is 873. The predicted molar refractivity (Wildman–Crippen MR) is 149 cm³/mol. The lowest BCUT2D eigenvalue weighted by Gasteiger charge is -2.22. The maximum Gasteiger partial charge on any atom is 0.307 e. The number of carbonyl (C=O) groups excluding carboxylic acids is 2. The summed E-state index contributed by atoms with van der Waals surface area (Å²) in [6.45, 7) is 4.72. The first-order valence-corrected chi connectivity index (χ1v) is 14.8. The Morgan fingerprint density at radius 3 is 2.26 bits per heavy atom. The summed E-state index contributed by atoms with van der Waals surface area (Å²) in [6, 6.07) is 7.40. The van der Waals surface area contributed by atoms with E-state index in [2.05, 4.69) is 6.92 Å². The van der Waals surface area contributed by atoms with E-state index in [0.29, 0.717) is 43.6 Å². The van der Waals surface area contributed by atoms with E-state index in [1.165, 1.54) is 51.4 Å². The quantitative estimate of drug-likeness (QED) is 0.284. The number of unbranched alkanes of at least 4 members (excludes halogenated alkanes) is 5. The molecule has 7 nitrogen and oxygen atoms in total. The molecule has 1 saturated heterocycles. The highest BCUT2D eigenvalue weighted by atomic mass is 16.5. The molecule has 212 valence electrons. The zero-order chi connectivity index (χ0) is 27.3. The molecule has 1 N–H and O–H groups in total. The van der Waals surface area contributed by atoms with Crippen LogP contribution in [0.15, 0.2) is 24.3 Å². The van der Waals surface area contributed by atoms with Gasteiger partial charge in [0, 0.05) is 33.0 Å². The number of ether oxygens (including phenoxy) is 1. The first-order chi connectivity index (χ1) is 18.4. The van der Waals surface area contributed by atoms with Gasteiger partial charge in [0.15, 0.2) is 0 Å². The third-order valence-corrected chi connectivity index (χ3v) is 8.37. The molecule has 1 unspecified atom stereocenters. The zero-order valence-electron chi connectivity index (χ0n) is 23.5. The fourth-order valence-corrected chi connectivity index (χ4v) is 5.87. The van der Waals surface area contributed by atoms with Crippen LogP contribution in [-0.2, 0) is 20.8 Å². The van der Waals surface area contributed by atoms with Crippen molar-refractivity contribution in [3.63, 3.8) is 0 Å². The number of nitrogens with zero attached hydrogens (tertiary/aromatic N) is 2. The first kappa shape index (κ1) is 30.0. The molecule has 1 aromatic rings. The summed E-state index contributed by atoms with van der Waals surface area (Å²) in [6.07, 6.45) is 12.8. The van der Waals surface area contributed by atoms with Crippen molar-refractivity contribution < 1.29 is 24.2 Å². The summed E-state index contributed by atoms with van der Waals surface area (Å²) in [7, 11) is 1.81. The Hall–Kier alpha value is -2.57. The molecule has 0 spiro atoms. The number of carboxylic acid groups (broad SMARTS) is 1. The fourth-order valence-electron chi connectivity index (χ4n) is 5.87. The average Bonchev–Trinajstić information content (AvgIpc) is 3.35. The molecule has 7 heteroatoms. The minimum atomic E-state index is -0.927. The Morgan fingerprint density at radius 2 is 1.63 bits per heavy atom. The van der Waals surface area contributed by atoms with Crippen LogP contribution in [-0.4, -0.2) is 66.0 Å². The molecule has 1 aliphatic heterocycles. The van der Waals surface area contributed by atoms with E-state index in [9.17, 15) is 19.5 Å². The monoisotopic (exact) mass is 528 g/mol. The van der Waals surface area contributed by atoms with Crippen LogP contribution < -0.4 is 4.74 Å². The van der Waals surface area contributed by atoms with Crippen LogP contribution in [0.2, 0.25) is 0 Å². The Morgan fingerprint density at radius 1 is 1.00 bits per heavy atom. The summed E-state index contributed by atoms with van der Waals surface area (Å²) < 4.78 is 5.81. The van der Waals surface area contributed by atoms with Gasteiger partial charge >= 0.3 is 5.97 Å². The second kappa shape index (κ2) is 15.7. The maximum atomic E-state index is 12.9. The Kier molecular flexibility index (Phi) is 12.4. The molecule has 0 bridgehead atoms. The minimum Gasteiger partial charge on any atom is -0.492 e. The molecule has 2 aliphatic rings. The van der Waals surface area contributed by atoms with E-state index < -0.39 is 11.9 Å². The Labute approximate surface area is 228 Å². The van der Waals surface area contributed by atoms with Gasteiger partial charge in [0.25, 0.3) is 0 Å². The molecule has 3 rings (SSSR count). The van der Waals surface area contributed by atoms with Gasteiger partial charge in [-0.3, -0.25) is 14.4 Å². The number of benzene rings is 1. The smallest absolute Gasteiger partial charge is 0.307 e. The lowest BCUT2D eigenvalue weighted by Crippen LogP contribution is -2.33. The van der Waals surface area contributed by atoms with Crippen molar-refractivity contribution in [2.75, 3.05) is 33.3 Å². The second-order valence-electron chi connectivity index (χ2n) is 11.4. The predicted octanol–water partition coefficient (Wildman–Crippen LogP) is 5.56. The molecule has 2 fully saturated rings. The average molecular weight is 529 g/mol. The summed E-state index contributed by atoms with van der Waals surface area (Å²) >= 11 is 0. The highest BCUT2D eigenvalue weighted by molar-refractivity contribution is 5.82. The molecule has 0 aromatic heterocycles. The van der Waals surface area contributed by atoms with Crippen molar-refractivity contribution in [3.8, 4) is 5.75 Å². The highest BCUT2D eigenvalue weighted by Gasteiger charge is 2.37. The lowest BCUT2D eigenvalue weighted by atomic mass is 9.82. The van der Waals surface area contributed by atoms with Gasteiger partial charge in [0.05, 0.1) is 12.5 Å². The third kappa shape index (κ3) is 9.63. The zero-order valence-corrected chi connectivity index (χ0v) is 23.5. The van der Waals surface area contributed by atoms with Crippen LogP contribution in [0.25, 0.3) is 0 Å². The van der Waals surface area contributed by atoms with Gasteiger partial charge in [0.2, 0.25) is 11.8 Å². The van der Waals surface area contributed by atoms with E-state index >= 15 is 0 Å². The number of amides is 2. The van der Waals surface area contributed by atoms with Gasteiger partial charge in [-0.2, -0.15) is 0 Å². The minimum absolute atomic E-state index is 0.0260. The first-order valence-electron chi connectivity index (χ1n) is 14.8. The number of rotatable bonds is 16. The van der Waals surface area contributed by atoms with Crippen molar-refractivity contribution in [3.05, 3.63) is 29.8 Å². The molecule has 2 amide bonds. The summed E-state index contributed by atoms with van der Waals surface area (Å²) in [5, 5.41) is 9.77. The largest absolute Gasteiger partial charge is 0.492 e. The molecule has 1 aromatic carbocycles. The van der Waals surface area contributed by atoms with Gasteiger partial charge in [-0.1, -0.05) is 64.0 Å². The molecule has 1 heterocycles. The van der Waals surface area contributed by atoms with Crippen molar-refractivity contribution in [1.82, 2.24) is 9.80 Å². The van der Waals surface area contributed by atoms with Gasteiger partial charge in [0.1, 0.15) is 12.4 Å². The number of hydrogen-bond donors (Lipinski definition) is 1. The number of fused-ring (bicyclic) bond motifs is 1. The molecular formula is C31H48N2O5. The number of likely N-dealkylation sites (N-methyl/N-ethyl adjacent to an activating group) is 1. The SMILES string of the molecule is CCCCCCCCC(=O)N(C)CCOc1ccc(CC(CC(=O)N2C[C@H]3CCCC[C@H]3C2)C(=O)O)cc1. The molecule has 3 atom stereocenters. The van der Waals surface area contributed by atoms with Gasteiger partial charge in [-0.15, -0.1) is 0 Å². The van der Waals surface area contributed by atoms with E-state index in [4.69, 9.17) is 4.74 Å². The maximum absolute atomic E-state index is 12.9. The van der Waals surface area contributed by atoms with Crippen molar-refractivity contribution in [2.24, 2.45) is 17.8 Å². The summed E-state index contributed by atoms with van der Waals surface area (Å²) in [5.74, 6) is 0.354. The normalized spacial score (nSPS) is 19.6. The molecule has 1 saturated carbocycles. The summed E-state index contributed by atoms with van der Waals surface area (Å²) in [4.78, 5) is 40.8. The number of hydrogen-bond acceptors (Lipinski definition) is 4. The summed E-state index contributed by atoms with van der Waals surface area (Å²) in [5.41, 5.74) is 0.874. The number of carbonyl (C=O) groups is 3. The Balaban J connectivity index is 1.37. The molecule has 38 heavy (non-hydrogen) atoms. The van der Waals surface area contributed by atoms with E-state index in [1.807, 2.05) is 36.2 Å². The van der Waals surface area contributed by atoms with Crippen molar-refractivity contribution in [1.29, 1.82) is 0 Å².